The molecule has 1 aromatic rings. The standard InChI is InChI=1S/C20H32N2/c1-16-7-9-19(10-8-16)15-21-11-13-22(14-12-21)20-6-4-5-17(2)18(20)3/h4-6,16,19H,7-15H2,1-3H3. The number of hydrogen-bond donors (Lipinski definition) is 0. The number of nitrogens with zero attached hydrogens (tertiary/aromatic N) is 2. The molecule has 2 aliphatic rings. The van der Waals surface area contributed by atoms with Crippen LogP contribution in [0.2, 0.25) is 0 Å². The Morgan fingerprint density at radius 1 is 0.955 bits per heavy atom. The van der Waals surface area contributed by atoms with Crippen LogP contribution in [0.15, 0.2) is 18.2 Å². The predicted octanol–water partition coefficient (Wildman–Crippen LogP) is 4.25. The van der Waals surface area contributed by atoms with E-state index in [-0.39, 0.29) is 0 Å². The molecule has 1 saturated carbocycles. The Kier molecular flexibility index (Phi) is 5.07. The zero-order chi connectivity index (χ0) is 15.5. The van der Waals surface area contributed by atoms with Crippen molar-refractivity contribution in [1.29, 1.82) is 0 Å². The lowest BCUT2D eigenvalue weighted by Gasteiger charge is -2.39. The van der Waals surface area contributed by atoms with Gasteiger partial charge >= 0.3 is 0 Å². The van der Waals surface area contributed by atoms with Crippen molar-refractivity contribution in [3.05, 3.63) is 29.3 Å². The number of anilines is 1. The lowest BCUT2D eigenvalue weighted by molar-refractivity contribution is 0.177. The highest BCUT2D eigenvalue weighted by Crippen LogP contribution is 2.29. The largest absolute Gasteiger partial charge is 0.369 e. The van der Waals surface area contributed by atoms with Gasteiger partial charge in [-0.15, -0.1) is 0 Å². The number of benzene rings is 1. The molecule has 122 valence electrons. The molecule has 0 radical (unpaired) electrons. The molecule has 22 heavy (non-hydrogen) atoms. The van der Waals surface area contributed by atoms with Crippen LogP contribution in [0.3, 0.4) is 0 Å². The van der Waals surface area contributed by atoms with E-state index in [1.807, 2.05) is 0 Å². The second-order valence-corrected chi connectivity index (χ2v) is 7.63. The summed E-state index contributed by atoms with van der Waals surface area (Å²) in [6, 6.07) is 6.72. The molecule has 0 aromatic heterocycles. The van der Waals surface area contributed by atoms with Gasteiger partial charge in [0.1, 0.15) is 0 Å². The van der Waals surface area contributed by atoms with Crippen LogP contribution in [0.1, 0.15) is 43.7 Å². The Balaban J connectivity index is 1.51. The van der Waals surface area contributed by atoms with Crippen LogP contribution in [0.4, 0.5) is 5.69 Å². The smallest absolute Gasteiger partial charge is 0.0399 e. The average molecular weight is 300 g/mol. The second kappa shape index (κ2) is 7.04. The molecular formula is C20H32N2. The van der Waals surface area contributed by atoms with Gasteiger partial charge in [-0.2, -0.15) is 0 Å². The first-order valence-electron chi connectivity index (χ1n) is 9.17. The molecule has 0 atom stereocenters. The van der Waals surface area contributed by atoms with Crippen molar-refractivity contribution in [2.45, 2.75) is 46.5 Å². The third-order valence-electron chi connectivity index (χ3n) is 5.94. The van der Waals surface area contributed by atoms with Gasteiger partial charge in [-0.1, -0.05) is 31.9 Å². The van der Waals surface area contributed by atoms with Crippen LogP contribution in [-0.4, -0.2) is 37.6 Å². The van der Waals surface area contributed by atoms with Gasteiger partial charge in [0, 0.05) is 38.4 Å². The molecule has 2 fully saturated rings. The molecule has 1 aliphatic carbocycles. The van der Waals surface area contributed by atoms with Crippen LogP contribution in [-0.2, 0) is 0 Å². The molecule has 0 unspecified atom stereocenters. The molecule has 0 amide bonds. The highest BCUT2D eigenvalue weighted by molar-refractivity contribution is 5.56. The van der Waals surface area contributed by atoms with Crippen molar-refractivity contribution in [1.82, 2.24) is 4.90 Å². The maximum absolute atomic E-state index is 2.71. The highest BCUT2D eigenvalue weighted by Gasteiger charge is 2.23. The molecule has 1 saturated heterocycles. The van der Waals surface area contributed by atoms with E-state index in [0.717, 1.165) is 11.8 Å². The van der Waals surface area contributed by atoms with E-state index < -0.39 is 0 Å². The number of rotatable bonds is 3. The minimum Gasteiger partial charge on any atom is -0.369 e. The molecular weight excluding hydrogens is 268 g/mol. The van der Waals surface area contributed by atoms with Gasteiger partial charge in [0.15, 0.2) is 0 Å². The molecule has 0 N–H and O–H groups in total. The maximum Gasteiger partial charge on any atom is 0.0399 e. The summed E-state index contributed by atoms with van der Waals surface area (Å²) in [4.78, 5) is 5.30. The van der Waals surface area contributed by atoms with Gasteiger partial charge in [0.25, 0.3) is 0 Å². The third-order valence-corrected chi connectivity index (χ3v) is 5.94. The van der Waals surface area contributed by atoms with Gasteiger partial charge < -0.3 is 4.90 Å². The maximum atomic E-state index is 2.71. The summed E-state index contributed by atoms with van der Waals surface area (Å²) in [7, 11) is 0. The minimum absolute atomic E-state index is 0.962. The van der Waals surface area contributed by atoms with Gasteiger partial charge in [0.05, 0.1) is 0 Å². The van der Waals surface area contributed by atoms with Crippen molar-refractivity contribution < 1.29 is 0 Å². The summed E-state index contributed by atoms with van der Waals surface area (Å²) in [5, 5.41) is 0. The summed E-state index contributed by atoms with van der Waals surface area (Å²) in [5.41, 5.74) is 4.32. The third kappa shape index (κ3) is 3.65. The SMILES string of the molecule is Cc1cccc(N2CCN(CC3CCC(C)CC3)CC2)c1C. The van der Waals surface area contributed by atoms with E-state index in [4.69, 9.17) is 0 Å². The van der Waals surface area contributed by atoms with Crippen molar-refractivity contribution >= 4 is 5.69 Å². The van der Waals surface area contributed by atoms with Crippen LogP contribution < -0.4 is 4.90 Å². The molecule has 1 aliphatic heterocycles. The van der Waals surface area contributed by atoms with E-state index in [9.17, 15) is 0 Å². The Morgan fingerprint density at radius 3 is 2.32 bits per heavy atom. The van der Waals surface area contributed by atoms with Crippen LogP contribution in [0.5, 0.6) is 0 Å². The Bertz CT molecular complexity index is 480. The fourth-order valence-electron chi connectivity index (χ4n) is 4.13. The van der Waals surface area contributed by atoms with E-state index in [0.29, 0.717) is 0 Å². The first-order chi connectivity index (χ1) is 10.6. The molecule has 0 spiro atoms. The lowest BCUT2D eigenvalue weighted by atomic mass is 9.83. The fraction of sp³-hybridized carbons (Fsp3) is 0.700. The van der Waals surface area contributed by atoms with Crippen LogP contribution in [0.25, 0.3) is 0 Å². The van der Waals surface area contributed by atoms with Crippen molar-refractivity contribution in [2.24, 2.45) is 11.8 Å². The molecule has 0 bridgehead atoms. The summed E-state index contributed by atoms with van der Waals surface area (Å²) in [6.45, 7) is 13.1. The quantitative estimate of drug-likeness (QED) is 0.823. The van der Waals surface area contributed by atoms with Gasteiger partial charge in [-0.05, 0) is 55.7 Å². The van der Waals surface area contributed by atoms with E-state index in [1.54, 1.807) is 0 Å². The first kappa shape index (κ1) is 15.9. The zero-order valence-electron chi connectivity index (χ0n) is 14.6. The van der Waals surface area contributed by atoms with Gasteiger partial charge in [0.2, 0.25) is 0 Å². The van der Waals surface area contributed by atoms with Crippen LogP contribution in [0, 0.1) is 25.7 Å². The number of aryl methyl sites for hydroxylation is 1. The lowest BCUT2D eigenvalue weighted by Crippen LogP contribution is -2.48. The van der Waals surface area contributed by atoms with Crippen molar-refractivity contribution in [3.8, 4) is 0 Å². The zero-order valence-corrected chi connectivity index (χ0v) is 14.6. The van der Waals surface area contributed by atoms with E-state index in [2.05, 4.69) is 48.8 Å². The first-order valence-corrected chi connectivity index (χ1v) is 9.17. The molecule has 1 aromatic carbocycles. The van der Waals surface area contributed by atoms with Gasteiger partial charge in [-0.3, -0.25) is 4.90 Å². The molecule has 3 rings (SSSR count). The summed E-state index contributed by atoms with van der Waals surface area (Å²) in [5.74, 6) is 1.93. The van der Waals surface area contributed by atoms with E-state index in [1.165, 1.54) is 75.2 Å². The number of hydrogen-bond acceptors (Lipinski definition) is 2. The molecule has 1 heterocycles. The fourth-order valence-corrected chi connectivity index (χ4v) is 4.13. The van der Waals surface area contributed by atoms with Crippen molar-refractivity contribution in [3.63, 3.8) is 0 Å². The van der Waals surface area contributed by atoms with E-state index >= 15 is 0 Å². The normalized spacial score (nSPS) is 27.1. The highest BCUT2D eigenvalue weighted by atomic mass is 15.3. The predicted molar refractivity (Wildman–Crippen MR) is 95.7 cm³/mol. The van der Waals surface area contributed by atoms with Gasteiger partial charge in [-0.25, -0.2) is 0 Å². The summed E-state index contributed by atoms with van der Waals surface area (Å²) < 4.78 is 0. The monoisotopic (exact) mass is 300 g/mol. The summed E-state index contributed by atoms with van der Waals surface area (Å²) >= 11 is 0. The Hall–Kier alpha value is -1.02. The van der Waals surface area contributed by atoms with Crippen molar-refractivity contribution in [2.75, 3.05) is 37.6 Å². The molecule has 2 nitrogen and oxygen atoms in total. The summed E-state index contributed by atoms with van der Waals surface area (Å²) in [6.07, 6.45) is 5.82. The average Bonchev–Trinajstić information content (AvgIpc) is 2.53. The Morgan fingerprint density at radius 2 is 1.64 bits per heavy atom. The number of piperazine rings is 1. The van der Waals surface area contributed by atoms with Crippen LogP contribution >= 0.6 is 0 Å². The minimum atomic E-state index is 0.962. The second-order valence-electron chi connectivity index (χ2n) is 7.63. The Labute approximate surface area is 136 Å². The molecule has 2 heteroatoms. The topological polar surface area (TPSA) is 6.48 Å².